The number of ether oxygens (including phenoxy) is 1. The van der Waals surface area contributed by atoms with Gasteiger partial charge in [0, 0.05) is 49.1 Å². The maximum Gasteiger partial charge on any atom is 0.220 e. The summed E-state index contributed by atoms with van der Waals surface area (Å²) in [6.07, 6.45) is 8.76. The van der Waals surface area contributed by atoms with Gasteiger partial charge in [-0.05, 0) is 42.8 Å². The van der Waals surface area contributed by atoms with Crippen LogP contribution in [0.5, 0.6) is 5.75 Å². The molecule has 2 aromatic heterocycles. The summed E-state index contributed by atoms with van der Waals surface area (Å²) in [6.45, 7) is 3.15. The summed E-state index contributed by atoms with van der Waals surface area (Å²) >= 11 is 0. The van der Waals surface area contributed by atoms with Gasteiger partial charge >= 0.3 is 0 Å². The molecule has 162 valence electrons. The lowest BCUT2D eigenvalue weighted by molar-refractivity contribution is -0.121. The van der Waals surface area contributed by atoms with E-state index in [1.165, 1.54) is 0 Å². The normalized spacial score (nSPS) is 10.6. The van der Waals surface area contributed by atoms with Gasteiger partial charge in [0.2, 0.25) is 5.91 Å². The predicted octanol–water partition coefficient (Wildman–Crippen LogP) is 4.12. The van der Waals surface area contributed by atoms with Crippen molar-refractivity contribution in [1.29, 1.82) is 0 Å². The molecule has 3 aromatic rings. The van der Waals surface area contributed by atoms with E-state index in [2.05, 4.69) is 22.3 Å². The molecule has 1 aromatic carbocycles. The fourth-order valence-electron chi connectivity index (χ4n) is 3.10. The minimum absolute atomic E-state index is 0.0636. The van der Waals surface area contributed by atoms with E-state index < -0.39 is 0 Å². The third-order valence-corrected chi connectivity index (χ3v) is 4.84. The molecule has 0 saturated carbocycles. The lowest BCUT2D eigenvalue weighted by Gasteiger charge is -2.10. The number of carbonyl (C=O) groups excluding carboxylic acids is 2. The van der Waals surface area contributed by atoms with Crippen molar-refractivity contribution >= 4 is 11.7 Å². The molecule has 0 unspecified atom stereocenters. The average Bonchev–Trinajstić information content (AvgIpc) is 3.34. The molecule has 0 radical (unpaired) electrons. The molecule has 2 heterocycles. The van der Waals surface area contributed by atoms with E-state index in [0.717, 1.165) is 30.6 Å². The maximum absolute atomic E-state index is 12.4. The lowest BCUT2D eigenvalue weighted by atomic mass is 10.1. The number of nitrogens with one attached hydrogen (secondary N) is 1. The van der Waals surface area contributed by atoms with Crippen LogP contribution < -0.4 is 10.1 Å². The van der Waals surface area contributed by atoms with Crippen molar-refractivity contribution in [2.45, 2.75) is 45.6 Å². The molecule has 0 aliphatic carbocycles. The summed E-state index contributed by atoms with van der Waals surface area (Å²) in [6, 6.07) is 12.6. The molecule has 0 bridgehead atoms. The van der Waals surface area contributed by atoms with Crippen LogP contribution in [0.4, 0.5) is 0 Å². The molecule has 0 atom stereocenters. The van der Waals surface area contributed by atoms with Gasteiger partial charge in [-0.15, -0.1) is 0 Å². The van der Waals surface area contributed by atoms with Crippen molar-refractivity contribution < 1.29 is 14.3 Å². The van der Waals surface area contributed by atoms with E-state index >= 15 is 0 Å². The first-order chi connectivity index (χ1) is 15.2. The third-order valence-electron chi connectivity index (χ3n) is 4.84. The SMILES string of the molecule is CCCCCOc1ccc(C(=O)CCC(=O)NCc2cccnc2-n2cccn2)cc1. The second-order valence-electron chi connectivity index (χ2n) is 7.22. The molecule has 3 rings (SSSR count). The van der Waals surface area contributed by atoms with E-state index in [0.29, 0.717) is 24.5 Å². The van der Waals surface area contributed by atoms with E-state index in [4.69, 9.17) is 4.74 Å². The number of hydrogen-bond acceptors (Lipinski definition) is 5. The number of unbranched alkanes of at least 4 members (excludes halogenated alkanes) is 2. The number of hydrogen-bond donors (Lipinski definition) is 1. The summed E-state index contributed by atoms with van der Waals surface area (Å²) in [5.74, 6) is 1.18. The smallest absolute Gasteiger partial charge is 0.220 e. The Bertz CT molecular complexity index is 969. The molecular formula is C24H28N4O3. The fraction of sp³-hybridized carbons (Fsp3) is 0.333. The molecule has 1 amide bonds. The third kappa shape index (κ3) is 6.77. The first-order valence-corrected chi connectivity index (χ1v) is 10.6. The van der Waals surface area contributed by atoms with Gasteiger partial charge in [0.15, 0.2) is 11.6 Å². The van der Waals surface area contributed by atoms with E-state index in [1.54, 1.807) is 47.5 Å². The zero-order valence-electron chi connectivity index (χ0n) is 17.8. The van der Waals surface area contributed by atoms with Crippen molar-refractivity contribution in [3.05, 3.63) is 72.2 Å². The van der Waals surface area contributed by atoms with Gasteiger partial charge in [0.25, 0.3) is 0 Å². The van der Waals surface area contributed by atoms with Crippen molar-refractivity contribution in [2.24, 2.45) is 0 Å². The van der Waals surface area contributed by atoms with Crippen molar-refractivity contribution in [2.75, 3.05) is 6.61 Å². The number of benzene rings is 1. The highest BCUT2D eigenvalue weighted by Crippen LogP contribution is 2.15. The van der Waals surface area contributed by atoms with Gasteiger partial charge in [-0.2, -0.15) is 5.10 Å². The Morgan fingerprint density at radius 3 is 2.61 bits per heavy atom. The summed E-state index contributed by atoms with van der Waals surface area (Å²) < 4.78 is 7.32. The van der Waals surface area contributed by atoms with Crippen LogP contribution in [0.1, 0.15) is 54.9 Å². The molecule has 0 aliphatic rings. The van der Waals surface area contributed by atoms with E-state index in [1.807, 2.05) is 18.2 Å². The predicted molar refractivity (Wildman–Crippen MR) is 118 cm³/mol. The number of Topliss-reactive ketones (excluding diaryl/α,β-unsaturated/α-hetero) is 1. The number of aromatic nitrogens is 3. The molecule has 31 heavy (non-hydrogen) atoms. The Labute approximate surface area is 182 Å². The summed E-state index contributed by atoms with van der Waals surface area (Å²) in [7, 11) is 0. The largest absolute Gasteiger partial charge is 0.494 e. The molecule has 0 aliphatic heterocycles. The highest BCUT2D eigenvalue weighted by Gasteiger charge is 2.11. The van der Waals surface area contributed by atoms with Gasteiger partial charge in [-0.25, -0.2) is 9.67 Å². The maximum atomic E-state index is 12.4. The molecule has 7 nitrogen and oxygen atoms in total. The number of rotatable bonds is 12. The van der Waals surface area contributed by atoms with Gasteiger partial charge in [0.05, 0.1) is 6.61 Å². The van der Waals surface area contributed by atoms with Crippen molar-refractivity contribution in [1.82, 2.24) is 20.1 Å². The lowest BCUT2D eigenvalue weighted by Crippen LogP contribution is -2.24. The Morgan fingerprint density at radius 1 is 1.03 bits per heavy atom. The summed E-state index contributed by atoms with van der Waals surface area (Å²) in [5, 5.41) is 7.04. The number of pyridine rings is 1. The Morgan fingerprint density at radius 2 is 1.87 bits per heavy atom. The molecule has 7 heteroatoms. The van der Waals surface area contributed by atoms with Crippen molar-refractivity contribution in [3.8, 4) is 11.6 Å². The highest BCUT2D eigenvalue weighted by atomic mass is 16.5. The number of nitrogens with zero attached hydrogens (tertiary/aromatic N) is 3. The Balaban J connectivity index is 1.44. The second-order valence-corrected chi connectivity index (χ2v) is 7.22. The molecule has 0 saturated heterocycles. The Kier molecular flexibility index (Phi) is 8.34. The second kappa shape index (κ2) is 11.6. The first kappa shape index (κ1) is 22.2. The average molecular weight is 421 g/mol. The molecular weight excluding hydrogens is 392 g/mol. The first-order valence-electron chi connectivity index (χ1n) is 10.6. The van der Waals surface area contributed by atoms with Gasteiger partial charge < -0.3 is 10.1 Å². The van der Waals surface area contributed by atoms with Crippen molar-refractivity contribution in [3.63, 3.8) is 0 Å². The molecule has 0 spiro atoms. The van der Waals surface area contributed by atoms with Crippen LogP contribution in [0.3, 0.4) is 0 Å². The minimum atomic E-state index is -0.181. The zero-order valence-corrected chi connectivity index (χ0v) is 17.8. The van der Waals surface area contributed by atoms with Crippen LogP contribution in [-0.4, -0.2) is 33.1 Å². The quantitative estimate of drug-likeness (QED) is 0.352. The van der Waals surface area contributed by atoms with Gasteiger partial charge in [-0.3, -0.25) is 9.59 Å². The Hall–Kier alpha value is -3.48. The molecule has 1 N–H and O–H groups in total. The van der Waals surface area contributed by atoms with Crippen LogP contribution in [0.15, 0.2) is 61.1 Å². The van der Waals surface area contributed by atoms with Gasteiger partial charge in [0.1, 0.15) is 5.75 Å². The van der Waals surface area contributed by atoms with Crippen LogP contribution in [0, 0.1) is 0 Å². The molecule has 0 fully saturated rings. The van der Waals surface area contributed by atoms with Gasteiger partial charge in [-0.1, -0.05) is 25.8 Å². The number of carbonyl (C=O) groups is 2. The van der Waals surface area contributed by atoms with E-state index in [9.17, 15) is 9.59 Å². The standard InChI is InChI=1S/C24H28N4O3/c1-2-3-4-17-31-21-10-8-19(9-11-21)22(29)12-13-23(30)26-18-20-7-5-14-25-24(20)28-16-6-15-27-28/h5-11,14-16H,2-4,12-13,17-18H2,1H3,(H,26,30). The minimum Gasteiger partial charge on any atom is -0.494 e. The van der Waals surface area contributed by atoms with Crippen LogP contribution in [-0.2, 0) is 11.3 Å². The highest BCUT2D eigenvalue weighted by molar-refractivity contribution is 5.98. The summed E-state index contributed by atoms with van der Waals surface area (Å²) in [4.78, 5) is 29.0. The fourth-order valence-corrected chi connectivity index (χ4v) is 3.10. The number of ketones is 1. The zero-order chi connectivity index (χ0) is 21.9. The van der Waals surface area contributed by atoms with E-state index in [-0.39, 0.29) is 24.5 Å². The van der Waals surface area contributed by atoms with Crippen LogP contribution in [0.2, 0.25) is 0 Å². The topological polar surface area (TPSA) is 86.1 Å². The van der Waals surface area contributed by atoms with Crippen LogP contribution >= 0.6 is 0 Å². The van der Waals surface area contributed by atoms with Crippen LogP contribution in [0.25, 0.3) is 5.82 Å². The summed E-state index contributed by atoms with van der Waals surface area (Å²) in [5.41, 5.74) is 1.43. The monoisotopic (exact) mass is 420 g/mol. The number of amides is 1.